The number of carboxylic acids is 1. The number of alkyl halides is 3. The number of aliphatic carboxylic acids is 1. The zero-order chi connectivity index (χ0) is 28.1. The summed E-state index contributed by atoms with van der Waals surface area (Å²) in [6.07, 6.45) is 5.32. The lowest BCUT2D eigenvalue weighted by Gasteiger charge is -2.40. The Morgan fingerprint density at radius 2 is 1.75 bits per heavy atom. The highest BCUT2D eigenvalue weighted by Crippen LogP contribution is 2.43. The summed E-state index contributed by atoms with van der Waals surface area (Å²) >= 11 is 0. The monoisotopic (exact) mass is 552 g/mol. The molecule has 4 heterocycles. The summed E-state index contributed by atoms with van der Waals surface area (Å²) in [6.45, 7) is 3.27. The van der Waals surface area contributed by atoms with Crippen molar-refractivity contribution in [1.29, 1.82) is 0 Å². The van der Waals surface area contributed by atoms with E-state index in [4.69, 9.17) is 0 Å². The molecule has 0 bridgehead atoms. The van der Waals surface area contributed by atoms with Crippen molar-refractivity contribution >= 4 is 17.6 Å². The Hall–Kier alpha value is -3.82. The fourth-order valence-electron chi connectivity index (χ4n) is 6.80. The first-order chi connectivity index (χ1) is 19.1. The first kappa shape index (κ1) is 26.4. The summed E-state index contributed by atoms with van der Waals surface area (Å²) in [4.78, 5) is 35.3. The minimum atomic E-state index is -4.73. The van der Waals surface area contributed by atoms with Crippen molar-refractivity contribution in [2.45, 2.75) is 44.3 Å². The number of halogens is 3. The smallest absolute Gasteiger partial charge is 0.417 e. The van der Waals surface area contributed by atoms with E-state index in [1.165, 1.54) is 5.69 Å². The first-order valence-corrected chi connectivity index (χ1v) is 13.7. The Morgan fingerprint density at radius 3 is 2.45 bits per heavy atom. The van der Waals surface area contributed by atoms with Crippen LogP contribution < -0.4 is 4.90 Å². The number of carboxylic acid groups (broad SMARTS) is 1. The van der Waals surface area contributed by atoms with Crippen molar-refractivity contribution in [3.8, 4) is 0 Å². The molecule has 0 unspecified atom stereocenters. The normalized spacial score (nSPS) is 22.3. The fourth-order valence-corrected chi connectivity index (χ4v) is 6.80. The van der Waals surface area contributed by atoms with E-state index in [9.17, 15) is 27.9 Å². The zero-order valence-corrected chi connectivity index (χ0v) is 22.0. The van der Waals surface area contributed by atoms with Crippen LogP contribution in [0.1, 0.15) is 53.2 Å². The number of hydrogen-bond acceptors (Lipinski definition) is 5. The van der Waals surface area contributed by atoms with Gasteiger partial charge in [-0.3, -0.25) is 9.78 Å². The van der Waals surface area contributed by atoms with Crippen LogP contribution in [0, 0.1) is 5.41 Å². The number of carbonyl (C=O) groups excluding carboxylic acids is 1. The van der Waals surface area contributed by atoms with Gasteiger partial charge < -0.3 is 19.8 Å². The third-order valence-electron chi connectivity index (χ3n) is 9.04. The number of pyridine rings is 1. The first-order valence-electron chi connectivity index (χ1n) is 13.7. The predicted molar refractivity (Wildman–Crippen MR) is 143 cm³/mol. The van der Waals surface area contributed by atoms with Crippen LogP contribution in [0.3, 0.4) is 0 Å². The summed E-state index contributed by atoms with van der Waals surface area (Å²) < 4.78 is 40.1. The maximum atomic E-state index is 13.6. The van der Waals surface area contributed by atoms with Crippen molar-refractivity contribution < 1.29 is 27.9 Å². The van der Waals surface area contributed by atoms with Gasteiger partial charge in [0.05, 0.1) is 17.2 Å². The highest BCUT2D eigenvalue weighted by molar-refractivity contribution is 5.95. The molecule has 1 aromatic carbocycles. The molecule has 10 heteroatoms. The number of anilines is 1. The highest BCUT2D eigenvalue weighted by Gasteiger charge is 2.43. The molecule has 1 N–H and O–H groups in total. The van der Waals surface area contributed by atoms with Crippen molar-refractivity contribution in [2.24, 2.45) is 5.41 Å². The molecule has 1 amide bonds. The van der Waals surface area contributed by atoms with Crippen LogP contribution in [0.25, 0.3) is 0 Å². The molecule has 40 heavy (non-hydrogen) atoms. The molecule has 2 saturated heterocycles. The Kier molecular flexibility index (Phi) is 6.59. The molecule has 2 fully saturated rings. The van der Waals surface area contributed by atoms with Crippen molar-refractivity contribution in [3.63, 3.8) is 0 Å². The second kappa shape index (κ2) is 9.98. The Labute approximate surface area is 230 Å². The number of rotatable bonds is 4. The van der Waals surface area contributed by atoms with E-state index in [1.54, 1.807) is 17.3 Å². The van der Waals surface area contributed by atoms with Crippen LogP contribution in [0.5, 0.6) is 0 Å². The number of benzene rings is 1. The summed E-state index contributed by atoms with van der Waals surface area (Å²) in [5, 5.41) is 9.45. The van der Waals surface area contributed by atoms with Gasteiger partial charge in [-0.15, -0.1) is 0 Å². The lowest BCUT2D eigenvalue weighted by molar-refractivity contribution is -0.134. The summed E-state index contributed by atoms with van der Waals surface area (Å²) in [5.74, 6) is -1.63. The molecule has 1 atom stereocenters. The second-order valence-corrected chi connectivity index (χ2v) is 11.3. The number of likely N-dealkylation sites (tertiary alicyclic amines) is 1. The van der Waals surface area contributed by atoms with Crippen molar-refractivity contribution in [3.05, 3.63) is 82.8 Å². The van der Waals surface area contributed by atoms with Gasteiger partial charge in [-0.25, -0.2) is 4.79 Å². The maximum Gasteiger partial charge on any atom is 0.417 e. The van der Waals surface area contributed by atoms with E-state index in [0.717, 1.165) is 68.7 Å². The van der Waals surface area contributed by atoms with Crippen molar-refractivity contribution in [1.82, 2.24) is 14.8 Å². The van der Waals surface area contributed by atoms with Gasteiger partial charge in [0.2, 0.25) is 0 Å². The van der Waals surface area contributed by atoms with Gasteiger partial charge in [0, 0.05) is 62.6 Å². The number of piperidine rings is 1. The average Bonchev–Trinajstić information content (AvgIpc) is 3.57. The average molecular weight is 553 g/mol. The SMILES string of the molecule is O=C(O)C1=CN([C@@H]2CCc3ccc(C(=O)N4CCC5(CCN(c6ccncc6)CC5)C4)cc32)CC=C1C(F)(F)F. The van der Waals surface area contributed by atoms with Gasteiger partial charge in [0.15, 0.2) is 0 Å². The molecule has 6 rings (SSSR count). The molecular weight excluding hydrogens is 521 g/mol. The van der Waals surface area contributed by atoms with E-state index >= 15 is 0 Å². The second-order valence-electron chi connectivity index (χ2n) is 11.3. The number of fused-ring (bicyclic) bond motifs is 1. The summed E-state index contributed by atoms with van der Waals surface area (Å²) in [6, 6.07) is 9.41. The fraction of sp³-hybridized carbons (Fsp3) is 0.433. The molecule has 1 aromatic heterocycles. The van der Waals surface area contributed by atoms with E-state index in [2.05, 4.69) is 9.88 Å². The van der Waals surface area contributed by atoms with Crippen LogP contribution in [0.2, 0.25) is 0 Å². The van der Waals surface area contributed by atoms with E-state index in [1.807, 2.05) is 35.2 Å². The molecule has 4 aliphatic rings. The lowest BCUT2D eigenvalue weighted by atomic mass is 9.77. The predicted octanol–water partition coefficient (Wildman–Crippen LogP) is 4.97. The molecule has 7 nitrogen and oxygen atoms in total. The van der Waals surface area contributed by atoms with Gasteiger partial charge in [-0.2, -0.15) is 13.2 Å². The summed E-state index contributed by atoms with van der Waals surface area (Å²) in [7, 11) is 0. The van der Waals surface area contributed by atoms with Crippen LogP contribution in [-0.4, -0.2) is 70.7 Å². The van der Waals surface area contributed by atoms with E-state index in [0.29, 0.717) is 18.5 Å². The van der Waals surface area contributed by atoms with Crippen LogP contribution >= 0.6 is 0 Å². The maximum absolute atomic E-state index is 13.6. The molecule has 0 radical (unpaired) electrons. The number of amides is 1. The van der Waals surface area contributed by atoms with Gasteiger partial charge >= 0.3 is 12.1 Å². The Bertz CT molecular complexity index is 1380. The molecule has 1 aliphatic carbocycles. The minimum Gasteiger partial charge on any atom is -0.478 e. The van der Waals surface area contributed by atoms with E-state index in [-0.39, 0.29) is 23.9 Å². The van der Waals surface area contributed by atoms with Crippen LogP contribution in [0.4, 0.5) is 18.9 Å². The molecule has 210 valence electrons. The van der Waals surface area contributed by atoms with Crippen LogP contribution in [-0.2, 0) is 11.2 Å². The highest BCUT2D eigenvalue weighted by atomic mass is 19.4. The molecular formula is C30H31F3N4O3. The number of nitrogens with zero attached hydrogens (tertiary/aromatic N) is 4. The topological polar surface area (TPSA) is 77.0 Å². The standard InChI is InChI=1S/C30H31F3N4O3/c31-30(32,33)25-7-13-36(18-24(25)28(39)40)26-4-3-20-1-2-21(17-23(20)26)27(38)37-16-10-29(19-37)8-14-35(15-9-29)22-5-11-34-12-6-22/h1-2,5-7,11-12,17-18,26H,3-4,8-10,13-16,19H2,(H,39,40)/t26-/m1/s1. The van der Waals surface area contributed by atoms with Crippen LogP contribution in [0.15, 0.2) is 66.1 Å². The summed E-state index contributed by atoms with van der Waals surface area (Å²) in [5.41, 5.74) is 1.92. The van der Waals surface area contributed by atoms with Gasteiger partial charge in [-0.1, -0.05) is 12.1 Å². The Balaban J connectivity index is 1.15. The van der Waals surface area contributed by atoms with Gasteiger partial charge in [-0.05, 0) is 72.9 Å². The third-order valence-corrected chi connectivity index (χ3v) is 9.04. The number of aryl methyl sites for hydroxylation is 1. The molecule has 2 aromatic rings. The number of hydrogen-bond donors (Lipinski definition) is 1. The molecule has 0 saturated carbocycles. The Morgan fingerprint density at radius 1 is 1.02 bits per heavy atom. The largest absolute Gasteiger partial charge is 0.478 e. The van der Waals surface area contributed by atoms with Crippen molar-refractivity contribution in [2.75, 3.05) is 37.6 Å². The number of aromatic nitrogens is 1. The van der Waals surface area contributed by atoms with E-state index < -0.39 is 23.3 Å². The quantitative estimate of drug-likeness (QED) is 0.577. The van der Waals surface area contributed by atoms with Gasteiger partial charge in [0.25, 0.3) is 5.91 Å². The zero-order valence-electron chi connectivity index (χ0n) is 22.0. The van der Waals surface area contributed by atoms with Gasteiger partial charge in [0.1, 0.15) is 0 Å². The minimum absolute atomic E-state index is 0.0263. The number of carbonyl (C=O) groups is 2. The molecule has 1 spiro atoms. The molecule has 3 aliphatic heterocycles. The lowest BCUT2D eigenvalue weighted by Crippen LogP contribution is -2.42. The third kappa shape index (κ3) is 4.84.